The first-order chi connectivity index (χ1) is 26.1. The fraction of sp³-hybridized carbons (Fsp3) is 0.293. The molecule has 13 N–H and O–H groups in total. The van der Waals surface area contributed by atoms with Gasteiger partial charge in [-0.05, 0) is 65.5 Å². The molecule has 16 heteroatoms. The predicted octanol–water partition coefficient (Wildman–Crippen LogP) is 2.66. The standard InChI is InChI=1S/C41H52N10O3.3H2S/c42-34(26-28-15-19-32(20-16-28)30-10-3-1-4-11-30)37(52)50-35(14-9-25-49-41(45)46)39(54)51-36(38(53)47-23-7-8-24-48-40(43)44)27-29-17-21-33(22-18-29)31-12-5-2-6-13-31;;;/h1-6,10-13,15-22,34-36H,7-9,14,23-27,42H2,(H,47,53)(H,50,52)(H,51,54)(H4,43,44,48)(H4,45,46,49);3*1H2/t34-,35-,36-;;;/m0.../s1. The van der Waals surface area contributed by atoms with Crippen LogP contribution in [0.2, 0.25) is 0 Å². The lowest BCUT2D eigenvalue weighted by molar-refractivity contribution is -0.132. The third kappa shape index (κ3) is 17.7. The van der Waals surface area contributed by atoms with Gasteiger partial charge in [0, 0.05) is 26.1 Å². The van der Waals surface area contributed by atoms with Crippen LogP contribution in [0.4, 0.5) is 0 Å². The summed E-state index contributed by atoms with van der Waals surface area (Å²) in [5.41, 5.74) is 34.1. The maximum Gasteiger partial charge on any atom is 0.243 e. The van der Waals surface area contributed by atoms with Crippen LogP contribution in [0.5, 0.6) is 0 Å². The summed E-state index contributed by atoms with van der Waals surface area (Å²) in [6.07, 6.45) is 2.37. The van der Waals surface area contributed by atoms with Gasteiger partial charge in [-0.1, -0.05) is 109 Å². The fourth-order valence-corrected chi connectivity index (χ4v) is 5.82. The van der Waals surface area contributed by atoms with Crippen LogP contribution in [0.3, 0.4) is 0 Å². The number of hydrogen-bond donors (Lipinski definition) is 8. The molecule has 0 aliphatic rings. The van der Waals surface area contributed by atoms with Crippen molar-refractivity contribution in [2.24, 2.45) is 38.7 Å². The Morgan fingerprint density at radius 3 is 1.44 bits per heavy atom. The molecule has 13 nitrogen and oxygen atoms in total. The Morgan fingerprint density at radius 1 is 0.509 bits per heavy atom. The first-order valence-corrected chi connectivity index (χ1v) is 18.1. The van der Waals surface area contributed by atoms with Gasteiger partial charge in [-0.2, -0.15) is 40.5 Å². The van der Waals surface area contributed by atoms with E-state index in [-0.39, 0.29) is 84.1 Å². The van der Waals surface area contributed by atoms with Crippen molar-refractivity contribution in [3.8, 4) is 22.3 Å². The molecule has 3 atom stereocenters. The number of nitrogens with one attached hydrogen (secondary N) is 3. The van der Waals surface area contributed by atoms with Crippen molar-refractivity contribution in [3.63, 3.8) is 0 Å². The second kappa shape index (κ2) is 26.6. The third-order valence-electron chi connectivity index (χ3n) is 8.74. The van der Waals surface area contributed by atoms with Crippen molar-refractivity contribution >= 4 is 70.1 Å². The topological polar surface area (TPSA) is 242 Å². The molecule has 4 aromatic carbocycles. The van der Waals surface area contributed by atoms with Gasteiger partial charge in [0.25, 0.3) is 0 Å². The number of benzene rings is 4. The van der Waals surface area contributed by atoms with E-state index >= 15 is 0 Å². The van der Waals surface area contributed by atoms with Gasteiger partial charge in [-0.25, -0.2) is 0 Å². The van der Waals surface area contributed by atoms with Crippen molar-refractivity contribution in [2.45, 2.75) is 56.7 Å². The van der Waals surface area contributed by atoms with E-state index in [9.17, 15) is 14.4 Å². The zero-order valence-corrected chi connectivity index (χ0v) is 35.0. The molecule has 0 heterocycles. The molecule has 4 rings (SSSR count). The van der Waals surface area contributed by atoms with Crippen LogP contribution in [0.15, 0.2) is 119 Å². The molecular formula is C41H58N10O3S3. The maximum absolute atomic E-state index is 13.9. The van der Waals surface area contributed by atoms with Gasteiger partial charge < -0.3 is 44.6 Å². The second-order valence-electron chi connectivity index (χ2n) is 13.0. The highest BCUT2D eigenvalue weighted by molar-refractivity contribution is 7.59. The fourth-order valence-electron chi connectivity index (χ4n) is 5.82. The van der Waals surface area contributed by atoms with Crippen molar-refractivity contribution in [3.05, 3.63) is 120 Å². The molecule has 4 aromatic rings. The molecule has 0 aliphatic heterocycles. The van der Waals surface area contributed by atoms with Crippen molar-refractivity contribution in [2.75, 3.05) is 19.6 Å². The molecule has 0 unspecified atom stereocenters. The number of carbonyl (C=O) groups excluding carboxylic acids is 3. The number of carbonyl (C=O) groups is 3. The lowest BCUT2D eigenvalue weighted by Gasteiger charge is -2.24. The SMILES string of the molecule is NC(N)=NCCCCNC(=O)[C@H](Cc1ccc(-c2ccccc2)cc1)NC(=O)[C@H](CCCN=C(N)N)NC(=O)[C@@H](N)Cc1ccc(-c2ccccc2)cc1.S.S.S. The molecule has 57 heavy (non-hydrogen) atoms. The van der Waals surface area contributed by atoms with E-state index in [1.165, 1.54) is 0 Å². The molecule has 0 radical (unpaired) electrons. The van der Waals surface area contributed by atoms with Gasteiger partial charge in [0.2, 0.25) is 17.7 Å². The van der Waals surface area contributed by atoms with Crippen molar-refractivity contribution < 1.29 is 14.4 Å². The Hall–Kier alpha value is -5.16. The van der Waals surface area contributed by atoms with E-state index in [1.807, 2.05) is 109 Å². The van der Waals surface area contributed by atoms with Gasteiger partial charge >= 0.3 is 0 Å². The highest BCUT2D eigenvalue weighted by Crippen LogP contribution is 2.21. The zero-order valence-electron chi connectivity index (χ0n) is 32.0. The van der Waals surface area contributed by atoms with E-state index < -0.39 is 29.9 Å². The normalized spacial score (nSPS) is 11.7. The molecule has 0 bridgehead atoms. The van der Waals surface area contributed by atoms with Crippen LogP contribution in [-0.4, -0.2) is 67.4 Å². The quantitative estimate of drug-likeness (QED) is 0.0373. The lowest BCUT2D eigenvalue weighted by Crippen LogP contribution is -2.56. The van der Waals surface area contributed by atoms with Gasteiger partial charge in [0.05, 0.1) is 6.04 Å². The number of hydrogen-bond acceptors (Lipinski definition) is 6. The molecule has 0 fully saturated rings. The summed E-state index contributed by atoms with van der Waals surface area (Å²) in [5, 5.41) is 8.64. The largest absolute Gasteiger partial charge is 0.370 e. The number of nitrogens with two attached hydrogens (primary N) is 5. The highest BCUT2D eigenvalue weighted by atomic mass is 32.1. The Labute approximate surface area is 356 Å². The van der Waals surface area contributed by atoms with Gasteiger partial charge in [0.1, 0.15) is 12.1 Å². The summed E-state index contributed by atoms with van der Waals surface area (Å²) < 4.78 is 0. The van der Waals surface area contributed by atoms with Gasteiger partial charge in [0.15, 0.2) is 11.9 Å². The summed E-state index contributed by atoms with van der Waals surface area (Å²) in [5.74, 6) is -1.45. The van der Waals surface area contributed by atoms with Crippen molar-refractivity contribution in [1.29, 1.82) is 0 Å². The number of rotatable bonds is 20. The number of guanidine groups is 2. The molecular weight excluding hydrogens is 777 g/mol. The Kier molecular flexibility index (Phi) is 23.3. The van der Waals surface area contributed by atoms with Crippen molar-refractivity contribution in [1.82, 2.24) is 16.0 Å². The molecule has 0 spiro atoms. The second-order valence-corrected chi connectivity index (χ2v) is 13.0. The average molecular weight is 835 g/mol. The predicted molar refractivity (Wildman–Crippen MR) is 247 cm³/mol. The van der Waals surface area contributed by atoms with E-state index in [1.54, 1.807) is 0 Å². The van der Waals surface area contributed by atoms with Crippen LogP contribution < -0.4 is 44.6 Å². The first-order valence-electron chi connectivity index (χ1n) is 18.1. The number of amides is 3. The average Bonchev–Trinajstić information content (AvgIpc) is 3.18. The van der Waals surface area contributed by atoms with Crippen LogP contribution in [0.25, 0.3) is 22.3 Å². The summed E-state index contributed by atoms with van der Waals surface area (Å²) in [4.78, 5) is 48.9. The number of nitrogens with zero attached hydrogens (tertiary/aromatic N) is 2. The Bertz CT molecular complexity index is 1840. The summed E-state index contributed by atoms with van der Waals surface area (Å²) in [7, 11) is 0. The lowest BCUT2D eigenvalue weighted by atomic mass is 9.99. The Morgan fingerprint density at radius 2 is 0.947 bits per heavy atom. The minimum atomic E-state index is -1.01. The molecule has 308 valence electrons. The van der Waals surface area contributed by atoms with Gasteiger partial charge in [-0.15, -0.1) is 0 Å². The van der Waals surface area contributed by atoms with Crippen LogP contribution in [-0.2, 0) is 27.2 Å². The number of unbranched alkanes of at least 4 members (excludes halogenated alkanes) is 1. The smallest absolute Gasteiger partial charge is 0.243 e. The minimum Gasteiger partial charge on any atom is -0.370 e. The van der Waals surface area contributed by atoms with E-state index in [0.29, 0.717) is 32.4 Å². The zero-order chi connectivity index (χ0) is 38.7. The molecule has 3 amide bonds. The molecule has 0 saturated carbocycles. The summed E-state index contributed by atoms with van der Waals surface area (Å²) in [6.45, 7) is 1.05. The van der Waals surface area contributed by atoms with E-state index in [2.05, 4.69) is 25.9 Å². The minimum absolute atomic E-state index is 0. The van der Waals surface area contributed by atoms with Gasteiger partial charge in [-0.3, -0.25) is 24.4 Å². The number of aliphatic imine (C=N–C) groups is 2. The molecule has 0 aromatic heterocycles. The monoisotopic (exact) mass is 834 g/mol. The van der Waals surface area contributed by atoms with Crippen LogP contribution in [0, 0.1) is 0 Å². The third-order valence-corrected chi connectivity index (χ3v) is 8.74. The molecule has 0 saturated heterocycles. The van der Waals surface area contributed by atoms with E-state index in [4.69, 9.17) is 28.7 Å². The Balaban J connectivity index is 0.00000541. The first kappa shape index (κ1) is 49.9. The summed E-state index contributed by atoms with van der Waals surface area (Å²) >= 11 is 0. The molecule has 0 aliphatic carbocycles. The van der Waals surface area contributed by atoms with E-state index in [0.717, 1.165) is 33.4 Å². The highest BCUT2D eigenvalue weighted by Gasteiger charge is 2.28. The van der Waals surface area contributed by atoms with Crippen LogP contribution >= 0.6 is 40.5 Å². The van der Waals surface area contributed by atoms with Crippen LogP contribution in [0.1, 0.15) is 36.8 Å². The summed E-state index contributed by atoms with van der Waals surface area (Å²) in [6, 6.07) is 32.7. The maximum atomic E-state index is 13.9.